The molecule has 2 aromatic carbocycles. The highest BCUT2D eigenvalue weighted by Crippen LogP contribution is 2.19. The Morgan fingerprint density at radius 2 is 1.57 bits per heavy atom. The quantitative estimate of drug-likeness (QED) is 0.719. The number of carbonyl (C=O) groups excluding carboxylic acids is 2. The predicted molar refractivity (Wildman–Crippen MR) is 108 cm³/mol. The molecule has 2 aromatic rings. The monoisotopic (exact) mass is 382 g/mol. The average molecular weight is 382 g/mol. The zero-order valence-corrected chi connectivity index (χ0v) is 16.4. The number of benzene rings is 2. The summed E-state index contributed by atoms with van der Waals surface area (Å²) < 4.78 is 10.2. The summed E-state index contributed by atoms with van der Waals surface area (Å²) in [6.45, 7) is 5.08. The van der Waals surface area contributed by atoms with Gasteiger partial charge < -0.3 is 19.3 Å². The molecule has 3 rings (SSSR count). The molecule has 6 heteroatoms. The van der Waals surface area contributed by atoms with Crippen LogP contribution in [0, 0.1) is 0 Å². The highest BCUT2D eigenvalue weighted by molar-refractivity contribution is 5.89. The summed E-state index contributed by atoms with van der Waals surface area (Å²) in [6, 6.07) is 15.0. The van der Waals surface area contributed by atoms with Crippen molar-refractivity contribution >= 4 is 17.6 Å². The van der Waals surface area contributed by atoms with Gasteiger partial charge in [-0.05, 0) is 48.9 Å². The van der Waals surface area contributed by atoms with Gasteiger partial charge in [-0.3, -0.25) is 4.79 Å². The molecule has 0 saturated carbocycles. The number of hydrogen-bond acceptors (Lipinski definition) is 5. The summed E-state index contributed by atoms with van der Waals surface area (Å²) in [5, 5.41) is 0. The highest BCUT2D eigenvalue weighted by atomic mass is 16.5. The van der Waals surface area contributed by atoms with E-state index in [4.69, 9.17) is 9.47 Å². The van der Waals surface area contributed by atoms with Crippen molar-refractivity contribution in [3.8, 4) is 5.75 Å². The van der Waals surface area contributed by atoms with Crippen molar-refractivity contribution in [3.05, 3.63) is 59.7 Å². The maximum absolute atomic E-state index is 12.6. The summed E-state index contributed by atoms with van der Waals surface area (Å²) in [4.78, 5) is 28.5. The van der Waals surface area contributed by atoms with E-state index in [0.29, 0.717) is 31.7 Å². The number of hydrogen-bond donors (Lipinski definition) is 0. The molecule has 1 aliphatic rings. The zero-order chi connectivity index (χ0) is 19.9. The second-order valence-corrected chi connectivity index (χ2v) is 6.66. The first kappa shape index (κ1) is 19.7. The Morgan fingerprint density at radius 3 is 2.14 bits per heavy atom. The molecule has 28 heavy (non-hydrogen) atoms. The molecule has 1 heterocycles. The molecule has 1 saturated heterocycles. The maximum atomic E-state index is 12.6. The molecule has 0 radical (unpaired) electrons. The normalized spacial score (nSPS) is 13.9. The van der Waals surface area contributed by atoms with Crippen LogP contribution in [0.4, 0.5) is 5.69 Å². The van der Waals surface area contributed by atoms with Crippen LogP contribution >= 0.6 is 0 Å². The van der Waals surface area contributed by atoms with E-state index < -0.39 is 0 Å². The van der Waals surface area contributed by atoms with Gasteiger partial charge in [0.2, 0.25) is 5.91 Å². The van der Waals surface area contributed by atoms with Gasteiger partial charge in [0.25, 0.3) is 0 Å². The van der Waals surface area contributed by atoms with E-state index in [1.165, 1.54) is 0 Å². The largest absolute Gasteiger partial charge is 0.497 e. The van der Waals surface area contributed by atoms with Crippen LogP contribution in [0.2, 0.25) is 0 Å². The lowest BCUT2D eigenvalue weighted by molar-refractivity contribution is -0.130. The van der Waals surface area contributed by atoms with Crippen LogP contribution in [-0.4, -0.2) is 56.7 Å². The Hall–Kier alpha value is -3.02. The van der Waals surface area contributed by atoms with Gasteiger partial charge in [0, 0.05) is 31.9 Å². The number of methoxy groups -OCH3 is 1. The first-order chi connectivity index (χ1) is 13.6. The fourth-order valence-corrected chi connectivity index (χ4v) is 3.27. The fourth-order valence-electron chi connectivity index (χ4n) is 3.27. The molecule has 0 bridgehead atoms. The summed E-state index contributed by atoms with van der Waals surface area (Å²) >= 11 is 0. The minimum absolute atomic E-state index is 0.141. The lowest BCUT2D eigenvalue weighted by Crippen LogP contribution is -2.49. The maximum Gasteiger partial charge on any atom is 0.338 e. The van der Waals surface area contributed by atoms with Crippen molar-refractivity contribution < 1.29 is 19.1 Å². The molecular weight excluding hydrogens is 356 g/mol. The number of ether oxygens (including phenoxy) is 2. The number of piperazine rings is 1. The average Bonchev–Trinajstić information content (AvgIpc) is 2.74. The number of carbonyl (C=O) groups is 2. The Bertz CT molecular complexity index is 794. The van der Waals surface area contributed by atoms with Crippen molar-refractivity contribution in [3.63, 3.8) is 0 Å². The number of nitrogens with zero attached hydrogens (tertiary/aromatic N) is 2. The third-order valence-electron chi connectivity index (χ3n) is 4.89. The molecule has 0 N–H and O–H groups in total. The van der Waals surface area contributed by atoms with Gasteiger partial charge in [-0.15, -0.1) is 0 Å². The molecular formula is C22H26N2O4. The summed E-state index contributed by atoms with van der Waals surface area (Å²) in [5.74, 6) is 0.629. The second kappa shape index (κ2) is 9.26. The summed E-state index contributed by atoms with van der Waals surface area (Å²) in [7, 11) is 1.63. The summed E-state index contributed by atoms with van der Waals surface area (Å²) in [5.41, 5.74) is 2.59. The predicted octanol–water partition coefficient (Wildman–Crippen LogP) is 2.76. The third kappa shape index (κ3) is 4.82. The fraction of sp³-hybridized carbons (Fsp3) is 0.364. The molecule has 1 amide bonds. The van der Waals surface area contributed by atoms with E-state index in [2.05, 4.69) is 4.90 Å². The van der Waals surface area contributed by atoms with Gasteiger partial charge in [-0.25, -0.2) is 4.79 Å². The van der Waals surface area contributed by atoms with Crippen LogP contribution in [0.15, 0.2) is 48.5 Å². The van der Waals surface area contributed by atoms with Gasteiger partial charge in [-0.1, -0.05) is 12.1 Å². The van der Waals surface area contributed by atoms with Crippen LogP contribution < -0.4 is 9.64 Å². The molecule has 0 unspecified atom stereocenters. The van der Waals surface area contributed by atoms with E-state index >= 15 is 0 Å². The Labute approximate surface area is 165 Å². The Morgan fingerprint density at radius 1 is 0.929 bits per heavy atom. The van der Waals surface area contributed by atoms with Crippen molar-refractivity contribution in [1.82, 2.24) is 4.90 Å². The van der Waals surface area contributed by atoms with Crippen molar-refractivity contribution in [2.24, 2.45) is 0 Å². The molecule has 0 aliphatic carbocycles. The van der Waals surface area contributed by atoms with Gasteiger partial charge in [0.15, 0.2) is 0 Å². The standard InChI is InChI=1S/C22H26N2O4/c1-3-28-22(26)18-6-8-19(9-7-18)23-12-14-24(15-13-23)21(25)16-17-4-10-20(27-2)11-5-17/h4-11H,3,12-16H2,1-2H3. The van der Waals surface area contributed by atoms with Crippen molar-refractivity contribution in [2.45, 2.75) is 13.3 Å². The molecule has 1 aliphatic heterocycles. The number of esters is 1. The molecule has 0 atom stereocenters. The summed E-state index contributed by atoms with van der Waals surface area (Å²) in [6.07, 6.45) is 0.401. The van der Waals surface area contributed by atoms with E-state index in [0.717, 1.165) is 30.1 Å². The number of rotatable bonds is 6. The van der Waals surface area contributed by atoms with Gasteiger partial charge in [0.05, 0.1) is 25.7 Å². The van der Waals surface area contributed by atoms with E-state index in [9.17, 15) is 9.59 Å². The lowest BCUT2D eigenvalue weighted by Gasteiger charge is -2.36. The van der Waals surface area contributed by atoms with Crippen LogP contribution in [-0.2, 0) is 16.0 Å². The van der Waals surface area contributed by atoms with Crippen LogP contribution in [0.5, 0.6) is 5.75 Å². The number of anilines is 1. The van der Waals surface area contributed by atoms with Gasteiger partial charge in [-0.2, -0.15) is 0 Å². The highest BCUT2D eigenvalue weighted by Gasteiger charge is 2.21. The third-order valence-corrected chi connectivity index (χ3v) is 4.89. The molecule has 1 fully saturated rings. The molecule has 148 valence electrons. The van der Waals surface area contributed by atoms with Crippen molar-refractivity contribution in [2.75, 3.05) is 44.8 Å². The smallest absolute Gasteiger partial charge is 0.338 e. The Kier molecular flexibility index (Phi) is 6.53. The zero-order valence-electron chi connectivity index (χ0n) is 16.4. The molecule has 6 nitrogen and oxygen atoms in total. The van der Waals surface area contributed by atoms with Crippen LogP contribution in [0.1, 0.15) is 22.8 Å². The minimum Gasteiger partial charge on any atom is -0.497 e. The first-order valence-corrected chi connectivity index (χ1v) is 9.53. The van der Waals surface area contributed by atoms with Crippen LogP contribution in [0.25, 0.3) is 0 Å². The van der Waals surface area contributed by atoms with E-state index in [1.807, 2.05) is 41.3 Å². The SMILES string of the molecule is CCOC(=O)c1ccc(N2CCN(C(=O)Cc3ccc(OC)cc3)CC2)cc1. The first-order valence-electron chi connectivity index (χ1n) is 9.53. The molecule has 0 spiro atoms. The Balaban J connectivity index is 1.52. The lowest BCUT2D eigenvalue weighted by atomic mass is 10.1. The van der Waals surface area contributed by atoms with Gasteiger partial charge >= 0.3 is 5.97 Å². The van der Waals surface area contributed by atoms with E-state index in [-0.39, 0.29) is 11.9 Å². The van der Waals surface area contributed by atoms with E-state index in [1.54, 1.807) is 26.2 Å². The molecule has 0 aromatic heterocycles. The topological polar surface area (TPSA) is 59.1 Å². The number of amides is 1. The second-order valence-electron chi connectivity index (χ2n) is 6.66. The van der Waals surface area contributed by atoms with Gasteiger partial charge in [0.1, 0.15) is 5.75 Å². The minimum atomic E-state index is -0.303. The van der Waals surface area contributed by atoms with Crippen molar-refractivity contribution in [1.29, 1.82) is 0 Å². The van der Waals surface area contributed by atoms with Crippen LogP contribution in [0.3, 0.4) is 0 Å².